The molecule has 1 aliphatic heterocycles. The summed E-state index contributed by atoms with van der Waals surface area (Å²) >= 11 is 0. The van der Waals surface area contributed by atoms with E-state index in [0.29, 0.717) is 17.2 Å². The predicted molar refractivity (Wildman–Crippen MR) is 110 cm³/mol. The Hall–Kier alpha value is -2.59. The first-order chi connectivity index (χ1) is 12.0. The molecule has 1 fully saturated rings. The van der Waals surface area contributed by atoms with Crippen LogP contribution in [0.4, 0.5) is 17.3 Å². The smallest absolute Gasteiger partial charge is 0.293 e. The SMILES string of the molecule is CC1CCN(c2ccc(C=NNc3nncn3N)cc2[N+](=O)[O-])CC1.Cl.Cl. The second-order valence-electron chi connectivity index (χ2n) is 6.11. The second-order valence-corrected chi connectivity index (χ2v) is 6.11. The summed E-state index contributed by atoms with van der Waals surface area (Å²) in [6.07, 6.45) is 4.90. The molecule has 0 bridgehead atoms. The number of halogens is 2. The normalized spacial score (nSPS) is 14.5. The number of nitrogen functional groups attached to an aromatic ring is 1. The number of nitrogens with zero attached hydrogens (tertiary/aromatic N) is 6. The Kier molecular flexibility index (Phi) is 8.26. The minimum Gasteiger partial charge on any atom is -0.366 e. The van der Waals surface area contributed by atoms with E-state index < -0.39 is 0 Å². The van der Waals surface area contributed by atoms with Gasteiger partial charge in [-0.05, 0) is 24.8 Å². The van der Waals surface area contributed by atoms with E-state index in [0.717, 1.165) is 25.9 Å². The van der Waals surface area contributed by atoms with Crippen LogP contribution in [0.25, 0.3) is 0 Å². The van der Waals surface area contributed by atoms with Crippen LogP contribution in [0.3, 0.4) is 0 Å². The number of aromatic nitrogens is 3. The molecule has 27 heavy (non-hydrogen) atoms. The molecule has 0 amide bonds. The minimum absolute atomic E-state index is 0. The van der Waals surface area contributed by atoms with Crippen LogP contribution in [0.2, 0.25) is 0 Å². The molecular formula is C15H22Cl2N8O2. The fourth-order valence-corrected chi connectivity index (χ4v) is 2.77. The van der Waals surface area contributed by atoms with E-state index in [-0.39, 0.29) is 41.4 Å². The van der Waals surface area contributed by atoms with Gasteiger partial charge in [0.2, 0.25) is 0 Å². The van der Waals surface area contributed by atoms with Gasteiger partial charge in [-0.3, -0.25) is 10.1 Å². The van der Waals surface area contributed by atoms with Crippen LogP contribution >= 0.6 is 24.8 Å². The van der Waals surface area contributed by atoms with Gasteiger partial charge < -0.3 is 10.7 Å². The largest absolute Gasteiger partial charge is 0.366 e. The topological polar surface area (TPSA) is 128 Å². The molecule has 0 saturated carbocycles. The lowest BCUT2D eigenvalue weighted by atomic mass is 9.98. The van der Waals surface area contributed by atoms with E-state index >= 15 is 0 Å². The average molecular weight is 417 g/mol. The Labute approximate surface area is 168 Å². The lowest BCUT2D eigenvalue weighted by molar-refractivity contribution is -0.384. The van der Waals surface area contributed by atoms with Gasteiger partial charge in [0, 0.05) is 24.7 Å². The summed E-state index contributed by atoms with van der Waals surface area (Å²) < 4.78 is 1.18. The first-order valence-corrected chi connectivity index (χ1v) is 8.02. The molecule has 12 heteroatoms. The molecule has 0 spiro atoms. The van der Waals surface area contributed by atoms with Crippen LogP contribution in [-0.4, -0.2) is 39.1 Å². The molecule has 1 aromatic carbocycles. The van der Waals surface area contributed by atoms with Gasteiger partial charge in [-0.25, -0.2) is 10.1 Å². The number of hydrogen-bond acceptors (Lipinski definition) is 8. The van der Waals surface area contributed by atoms with E-state index in [9.17, 15) is 10.1 Å². The fraction of sp³-hybridized carbons (Fsp3) is 0.400. The second kappa shape index (κ2) is 9.93. The number of piperidine rings is 1. The molecule has 0 unspecified atom stereocenters. The maximum atomic E-state index is 11.5. The Morgan fingerprint density at radius 2 is 2.07 bits per heavy atom. The van der Waals surface area contributed by atoms with E-state index in [1.54, 1.807) is 12.1 Å². The van der Waals surface area contributed by atoms with Gasteiger partial charge in [-0.1, -0.05) is 13.0 Å². The molecule has 2 aromatic rings. The zero-order valence-electron chi connectivity index (χ0n) is 14.7. The Morgan fingerprint density at radius 1 is 1.37 bits per heavy atom. The maximum absolute atomic E-state index is 11.5. The Balaban J connectivity index is 0.00000182. The number of hydrogen-bond donors (Lipinski definition) is 2. The summed E-state index contributed by atoms with van der Waals surface area (Å²) in [5, 5.41) is 22.8. The van der Waals surface area contributed by atoms with Gasteiger partial charge in [0.25, 0.3) is 11.6 Å². The van der Waals surface area contributed by atoms with Gasteiger partial charge in [0.1, 0.15) is 12.0 Å². The van der Waals surface area contributed by atoms with Crippen LogP contribution in [0, 0.1) is 16.0 Å². The minimum atomic E-state index is -0.353. The zero-order chi connectivity index (χ0) is 17.8. The summed E-state index contributed by atoms with van der Waals surface area (Å²) in [5.74, 6) is 6.49. The quantitative estimate of drug-likeness (QED) is 0.331. The number of nitro groups is 1. The van der Waals surface area contributed by atoms with Gasteiger partial charge >= 0.3 is 0 Å². The third-order valence-electron chi connectivity index (χ3n) is 4.27. The lowest BCUT2D eigenvalue weighted by Crippen LogP contribution is -2.33. The maximum Gasteiger partial charge on any atom is 0.293 e. The first-order valence-electron chi connectivity index (χ1n) is 8.02. The highest BCUT2D eigenvalue weighted by Crippen LogP contribution is 2.32. The average Bonchev–Trinajstić information content (AvgIpc) is 3.01. The van der Waals surface area contributed by atoms with Crippen LogP contribution in [0.5, 0.6) is 0 Å². The van der Waals surface area contributed by atoms with Gasteiger partial charge in [-0.15, -0.1) is 35.0 Å². The van der Waals surface area contributed by atoms with Crippen LogP contribution in [0.15, 0.2) is 29.6 Å². The van der Waals surface area contributed by atoms with Crippen molar-refractivity contribution in [3.05, 3.63) is 40.2 Å². The summed E-state index contributed by atoms with van der Waals surface area (Å²) in [5.41, 5.74) is 3.97. The third kappa shape index (κ3) is 5.44. The van der Waals surface area contributed by atoms with Crippen LogP contribution < -0.4 is 16.2 Å². The number of hydrazone groups is 1. The number of rotatable bonds is 5. The predicted octanol–water partition coefficient (Wildman–Crippen LogP) is 2.43. The van der Waals surface area contributed by atoms with Crippen LogP contribution in [0.1, 0.15) is 25.3 Å². The molecule has 148 valence electrons. The third-order valence-corrected chi connectivity index (χ3v) is 4.27. The first kappa shape index (κ1) is 22.5. The molecule has 2 heterocycles. The lowest BCUT2D eigenvalue weighted by Gasteiger charge is -2.31. The molecule has 3 N–H and O–H groups in total. The highest BCUT2D eigenvalue weighted by Gasteiger charge is 2.23. The van der Waals surface area contributed by atoms with Gasteiger partial charge in [-0.2, -0.15) is 5.10 Å². The van der Waals surface area contributed by atoms with Crippen LogP contribution in [-0.2, 0) is 0 Å². The van der Waals surface area contributed by atoms with Crippen molar-refractivity contribution in [3.8, 4) is 0 Å². The Bertz CT molecular complexity index is 790. The Morgan fingerprint density at radius 3 is 2.67 bits per heavy atom. The molecule has 1 saturated heterocycles. The van der Waals surface area contributed by atoms with Crippen molar-refractivity contribution in [1.29, 1.82) is 0 Å². The van der Waals surface area contributed by atoms with E-state index in [1.807, 2.05) is 0 Å². The number of nitro benzene ring substituents is 1. The van der Waals surface area contributed by atoms with Crippen molar-refractivity contribution >= 4 is 48.4 Å². The van der Waals surface area contributed by atoms with Crippen molar-refractivity contribution in [2.45, 2.75) is 19.8 Å². The molecule has 0 aliphatic carbocycles. The van der Waals surface area contributed by atoms with Crippen molar-refractivity contribution in [1.82, 2.24) is 14.9 Å². The molecular weight excluding hydrogens is 395 g/mol. The van der Waals surface area contributed by atoms with Crippen molar-refractivity contribution in [3.63, 3.8) is 0 Å². The standard InChI is InChI=1S/C15H20N8O2.2ClH/c1-11-4-6-21(7-5-11)13-3-2-12(8-14(13)23(24)25)9-17-19-15-20-18-10-22(15)16;;/h2-3,8-11H,4-7,16H2,1H3,(H,19,20);2*1H. The molecule has 10 nitrogen and oxygen atoms in total. The van der Waals surface area contributed by atoms with E-state index in [1.165, 1.54) is 23.3 Å². The van der Waals surface area contributed by atoms with Gasteiger partial charge in [0.15, 0.2) is 0 Å². The zero-order valence-corrected chi connectivity index (χ0v) is 16.3. The summed E-state index contributed by atoms with van der Waals surface area (Å²) in [4.78, 5) is 13.2. The molecule has 0 atom stereocenters. The van der Waals surface area contributed by atoms with Crippen molar-refractivity contribution in [2.24, 2.45) is 11.0 Å². The molecule has 1 aromatic heterocycles. The number of anilines is 2. The van der Waals surface area contributed by atoms with Crippen molar-refractivity contribution < 1.29 is 4.92 Å². The fourth-order valence-electron chi connectivity index (χ4n) is 2.77. The highest BCUT2D eigenvalue weighted by molar-refractivity contribution is 5.85. The molecule has 3 rings (SSSR count). The monoisotopic (exact) mass is 416 g/mol. The van der Waals surface area contributed by atoms with E-state index in [4.69, 9.17) is 5.84 Å². The summed E-state index contributed by atoms with van der Waals surface area (Å²) in [6, 6.07) is 5.10. The highest BCUT2D eigenvalue weighted by atomic mass is 35.5. The number of nitrogens with one attached hydrogen (secondary N) is 1. The van der Waals surface area contributed by atoms with Crippen molar-refractivity contribution in [2.75, 3.05) is 29.3 Å². The molecule has 1 aliphatic rings. The molecule has 0 radical (unpaired) electrons. The number of nitrogens with two attached hydrogens (primary N) is 1. The number of benzene rings is 1. The van der Waals surface area contributed by atoms with Gasteiger partial charge in [0.05, 0.1) is 11.1 Å². The van der Waals surface area contributed by atoms with E-state index in [2.05, 4.69) is 32.5 Å². The summed E-state index contributed by atoms with van der Waals surface area (Å²) in [6.45, 7) is 3.88. The summed E-state index contributed by atoms with van der Waals surface area (Å²) in [7, 11) is 0.